The lowest BCUT2D eigenvalue weighted by Gasteiger charge is -2.29. The quantitative estimate of drug-likeness (QED) is 0.901. The predicted octanol–water partition coefficient (Wildman–Crippen LogP) is 2.71. The summed E-state index contributed by atoms with van der Waals surface area (Å²) in [4.78, 5) is 2.42. The highest BCUT2D eigenvalue weighted by Crippen LogP contribution is 2.44. The Morgan fingerprint density at radius 1 is 1.26 bits per heavy atom. The molecule has 1 heterocycles. The number of likely N-dealkylation sites (tertiary alicyclic amines) is 1. The molecule has 19 heavy (non-hydrogen) atoms. The van der Waals surface area contributed by atoms with Crippen molar-refractivity contribution in [1.29, 1.82) is 0 Å². The summed E-state index contributed by atoms with van der Waals surface area (Å²) in [7, 11) is 1.93. The highest BCUT2D eigenvalue weighted by molar-refractivity contribution is 5.25. The molecular weight excluding hydrogens is 246 g/mol. The van der Waals surface area contributed by atoms with E-state index in [0.29, 0.717) is 17.5 Å². The summed E-state index contributed by atoms with van der Waals surface area (Å²) in [6, 6.07) is 4.71. The Balaban J connectivity index is 1.91. The molecule has 0 spiro atoms. The average Bonchev–Trinajstić information content (AvgIpc) is 3.13. The van der Waals surface area contributed by atoms with Crippen LogP contribution < -0.4 is 5.32 Å². The van der Waals surface area contributed by atoms with Crippen LogP contribution in [0.2, 0.25) is 0 Å². The summed E-state index contributed by atoms with van der Waals surface area (Å²) in [5.41, 5.74) is 0.658. The van der Waals surface area contributed by atoms with Gasteiger partial charge in [-0.05, 0) is 51.4 Å². The number of rotatable bonds is 4. The predicted molar refractivity (Wildman–Crippen MR) is 70.9 cm³/mol. The molecule has 0 radical (unpaired) electrons. The highest BCUT2D eigenvalue weighted by Gasteiger charge is 2.43. The molecule has 1 aliphatic heterocycles. The van der Waals surface area contributed by atoms with E-state index in [4.69, 9.17) is 0 Å². The van der Waals surface area contributed by atoms with Crippen molar-refractivity contribution >= 4 is 0 Å². The summed E-state index contributed by atoms with van der Waals surface area (Å²) in [6.07, 6.45) is 3.51. The molecule has 2 fully saturated rings. The minimum atomic E-state index is -0.498. The molecule has 0 bridgehead atoms. The molecule has 1 N–H and O–H groups in total. The minimum Gasteiger partial charge on any atom is -0.319 e. The smallest absolute Gasteiger partial charge is 0.130 e. The van der Waals surface area contributed by atoms with Gasteiger partial charge in [-0.3, -0.25) is 4.90 Å². The van der Waals surface area contributed by atoms with Crippen LogP contribution in [0, 0.1) is 17.6 Å². The zero-order valence-corrected chi connectivity index (χ0v) is 11.2. The molecule has 3 rings (SSSR count). The summed E-state index contributed by atoms with van der Waals surface area (Å²) in [5, 5.41) is 3.20. The van der Waals surface area contributed by atoms with Crippen LogP contribution in [0.25, 0.3) is 0 Å². The van der Waals surface area contributed by atoms with Crippen LogP contribution >= 0.6 is 0 Å². The topological polar surface area (TPSA) is 15.3 Å². The van der Waals surface area contributed by atoms with Crippen LogP contribution in [0.1, 0.15) is 30.9 Å². The van der Waals surface area contributed by atoms with E-state index in [1.807, 2.05) is 7.05 Å². The van der Waals surface area contributed by atoms with Gasteiger partial charge in [0.25, 0.3) is 0 Å². The van der Waals surface area contributed by atoms with Gasteiger partial charge in [0.15, 0.2) is 0 Å². The van der Waals surface area contributed by atoms with Crippen LogP contribution in [-0.2, 0) is 0 Å². The molecule has 1 aromatic carbocycles. The van der Waals surface area contributed by atoms with Crippen molar-refractivity contribution in [3.63, 3.8) is 0 Å². The van der Waals surface area contributed by atoms with Gasteiger partial charge < -0.3 is 5.32 Å². The highest BCUT2D eigenvalue weighted by atomic mass is 19.1. The second-order valence-corrected chi connectivity index (χ2v) is 5.69. The van der Waals surface area contributed by atoms with Crippen molar-refractivity contribution < 1.29 is 8.78 Å². The molecule has 1 saturated heterocycles. The van der Waals surface area contributed by atoms with Gasteiger partial charge in [0.2, 0.25) is 0 Å². The van der Waals surface area contributed by atoms with E-state index in [1.54, 1.807) is 6.07 Å². The molecule has 104 valence electrons. The van der Waals surface area contributed by atoms with Crippen LogP contribution in [-0.4, -0.2) is 31.1 Å². The van der Waals surface area contributed by atoms with Crippen molar-refractivity contribution in [3.8, 4) is 0 Å². The van der Waals surface area contributed by atoms with Crippen LogP contribution in [0.5, 0.6) is 0 Å². The Morgan fingerprint density at radius 2 is 2.05 bits per heavy atom. The zero-order valence-electron chi connectivity index (χ0n) is 11.2. The summed E-state index contributed by atoms with van der Waals surface area (Å²) in [5.74, 6) is -0.494. The Morgan fingerprint density at radius 3 is 2.68 bits per heavy atom. The first kappa shape index (κ1) is 13.0. The van der Waals surface area contributed by atoms with E-state index in [0.717, 1.165) is 25.6 Å². The van der Waals surface area contributed by atoms with Crippen LogP contribution in [0.15, 0.2) is 18.2 Å². The van der Waals surface area contributed by atoms with Gasteiger partial charge in [0, 0.05) is 23.7 Å². The fourth-order valence-corrected chi connectivity index (χ4v) is 3.35. The lowest BCUT2D eigenvalue weighted by molar-refractivity contribution is 0.212. The Hall–Kier alpha value is -1.00. The van der Waals surface area contributed by atoms with Gasteiger partial charge in [0.05, 0.1) is 0 Å². The normalized spacial score (nSPS) is 27.9. The second kappa shape index (κ2) is 5.17. The SMILES string of the molecule is CNCC1CCN(C2CC2)C1c1ccc(F)cc1F. The van der Waals surface area contributed by atoms with Gasteiger partial charge in [-0.1, -0.05) is 6.07 Å². The third kappa shape index (κ3) is 2.51. The maximum Gasteiger partial charge on any atom is 0.130 e. The first-order chi connectivity index (χ1) is 9.20. The molecule has 4 heteroatoms. The molecule has 2 unspecified atom stereocenters. The molecule has 0 amide bonds. The van der Waals surface area contributed by atoms with E-state index < -0.39 is 11.6 Å². The fraction of sp³-hybridized carbons (Fsp3) is 0.600. The number of halogens is 2. The number of hydrogen-bond acceptors (Lipinski definition) is 2. The van der Waals surface area contributed by atoms with Crippen molar-refractivity contribution in [3.05, 3.63) is 35.4 Å². The standard InChI is InChI=1S/C15H20F2N2/c1-18-9-10-6-7-19(12-3-4-12)15(10)13-5-2-11(16)8-14(13)17/h2,5,8,10,12,15,18H,3-4,6-7,9H2,1H3. The third-order valence-electron chi connectivity index (χ3n) is 4.33. The molecule has 1 saturated carbocycles. The molecular formula is C15H20F2N2. The second-order valence-electron chi connectivity index (χ2n) is 5.69. The van der Waals surface area contributed by atoms with E-state index >= 15 is 0 Å². The average molecular weight is 266 g/mol. The largest absolute Gasteiger partial charge is 0.319 e. The summed E-state index contributed by atoms with van der Waals surface area (Å²) < 4.78 is 27.2. The van der Waals surface area contributed by atoms with Crippen LogP contribution in [0.4, 0.5) is 8.78 Å². The Bertz CT molecular complexity index is 459. The number of benzene rings is 1. The Labute approximate surface area is 112 Å². The van der Waals surface area contributed by atoms with Crippen molar-refractivity contribution in [2.24, 2.45) is 5.92 Å². The van der Waals surface area contributed by atoms with E-state index in [9.17, 15) is 8.78 Å². The fourth-order valence-electron chi connectivity index (χ4n) is 3.35. The maximum atomic E-state index is 14.1. The minimum absolute atomic E-state index is 0.0977. The maximum absolute atomic E-state index is 14.1. The number of nitrogens with zero attached hydrogens (tertiary/aromatic N) is 1. The first-order valence-corrected chi connectivity index (χ1v) is 7.06. The summed E-state index contributed by atoms with van der Waals surface area (Å²) >= 11 is 0. The van der Waals surface area contributed by atoms with Gasteiger partial charge in [0.1, 0.15) is 11.6 Å². The van der Waals surface area contributed by atoms with E-state index in [2.05, 4.69) is 10.2 Å². The van der Waals surface area contributed by atoms with Crippen molar-refractivity contribution in [1.82, 2.24) is 10.2 Å². The van der Waals surface area contributed by atoms with Gasteiger partial charge in [-0.2, -0.15) is 0 Å². The van der Waals surface area contributed by atoms with Crippen molar-refractivity contribution in [2.75, 3.05) is 20.1 Å². The monoisotopic (exact) mass is 266 g/mol. The number of hydrogen-bond donors (Lipinski definition) is 1. The first-order valence-electron chi connectivity index (χ1n) is 7.06. The molecule has 2 nitrogen and oxygen atoms in total. The van der Waals surface area contributed by atoms with Crippen molar-refractivity contribution in [2.45, 2.75) is 31.3 Å². The van der Waals surface area contributed by atoms with Gasteiger partial charge >= 0.3 is 0 Å². The molecule has 2 atom stereocenters. The van der Waals surface area contributed by atoms with E-state index in [1.165, 1.54) is 18.9 Å². The van der Waals surface area contributed by atoms with E-state index in [-0.39, 0.29) is 6.04 Å². The number of nitrogens with one attached hydrogen (secondary N) is 1. The molecule has 2 aliphatic rings. The lowest BCUT2D eigenvalue weighted by atomic mass is 9.93. The summed E-state index contributed by atoms with van der Waals surface area (Å²) in [6.45, 7) is 1.91. The van der Waals surface area contributed by atoms with Gasteiger partial charge in [-0.15, -0.1) is 0 Å². The third-order valence-corrected chi connectivity index (χ3v) is 4.33. The zero-order chi connectivity index (χ0) is 13.4. The molecule has 1 aromatic rings. The van der Waals surface area contributed by atoms with Gasteiger partial charge in [-0.25, -0.2) is 8.78 Å². The molecule has 1 aliphatic carbocycles. The van der Waals surface area contributed by atoms with Crippen LogP contribution in [0.3, 0.4) is 0 Å². The Kier molecular flexibility index (Phi) is 3.54. The lowest BCUT2D eigenvalue weighted by Crippen LogP contribution is -2.31. The molecule has 0 aromatic heterocycles.